The molecule has 5 heteroatoms. The van der Waals surface area contributed by atoms with Crippen LogP contribution in [-0.2, 0) is 9.47 Å². The second kappa shape index (κ2) is 10.00. The Morgan fingerprint density at radius 2 is 2.00 bits per heavy atom. The summed E-state index contributed by atoms with van der Waals surface area (Å²) in [6.07, 6.45) is 3.53. The first-order valence-electron chi connectivity index (χ1n) is 7.73. The zero-order chi connectivity index (χ0) is 14.8. The molecule has 0 unspecified atom stereocenters. The van der Waals surface area contributed by atoms with Crippen LogP contribution in [0.3, 0.4) is 0 Å². The monoisotopic (exact) mass is 285 g/mol. The molecule has 0 aliphatic carbocycles. The van der Waals surface area contributed by atoms with Gasteiger partial charge in [-0.3, -0.25) is 4.99 Å². The van der Waals surface area contributed by atoms with Crippen LogP contribution in [-0.4, -0.2) is 64.0 Å². The number of hydrogen-bond acceptors (Lipinski definition) is 3. The van der Waals surface area contributed by atoms with Gasteiger partial charge in [0, 0.05) is 47.0 Å². The molecule has 1 aliphatic rings. The molecule has 0 bridgehead atoms. The van der Waals surface area contributed by atoms with Gasteiger partial charge in [-0.05, 0) is 25.2 Å². The molecule has 1 saturated heterocycles. The van der Waals surface area contributed by atoms with Crippen LogP contribution in [0.15, 0.2) is 4.99 Å². The smallest absolute Gasteiger partial charge is 0.193 e. The lowest BCUT2D eigenvalue weighted by atomic mass is 10.1. The normalized spacial score (nSPS) is 17.9. The second-order valence-electron chi connectivity index (χ2n) is 5.73. The Balaban J connectivity index is 2.23. The molecular weight excluding hydrogens is 254 g/mol. The van der Waals surface area contributed by atoms with Gasteiger partial charge in [0.05, 0.1) is 6.10 Å². The number of nitrogens with zero attached hydrogens (tertiary/aromatic N) is 2. The van der Waals surface area contributed by atoms with Gasteiger partial charge in [-0.25, -0.2) is 0 Å². The van der Waals surface area contributed by atoms with E-state index in [2.05, 4.69) is 29.1 Å². The van der Waals surface area contributed by atoms with Gasteiger partial charge in [-0.1, -0.05) is 13.8 Å². The summed E-state index contributed by atoms with van der Waals surface area (Å²) in [5.74, 6) is 1.66. The summed E-state index contributed by atoms with van der Waals surface area (Å²) in [7, 11) is 3.59. The first-order valence-corrected chi connectivity index (χ1v) is 7.73. The van der Waals surface area contributed by atoms with Gasteiger partial charge in [0.2, 0.25) is 0 Å². The number of ether oxygens (including phenoxy) is 2. The fourth-order valence-corrected chi connectivity index (χ4v) is 2.32. The average Bonchev–Trinajstić information content (AvgIpc) is 2.45. The highest BCUT2D eigenvalue weighted by molar-refractivity contribution is 5.79. The summed E-state index contributed by atoms with van der Waals surface area (Å²) in [5, 5.41) is 3.43. The topological polar surface area (TPSA) is 46.1 Å². The van der Waals surface area contributed by atoms with Gasteiger partial charge in [0.1, 0.15) is 0 Å². The van der Waals surface area contributed by atoms with Crippen LogP contribution >= 0.6 is 0 Å². The Morgan fingerprint density at radius 3 is 2.55 bits per heavy atom. The lowest BCUT2D eigenvalue weighted by molar-refractivity contribution is 0.00989. The van der Waals surface area contributed by atoms with Crippen LogP contribution in [0.5, 0.6) is 0 Å². The average molecular weight is 285 g/mol. The Hall–Kier alpha value is -0.810. The van der Waals surface area contributed by atoms with Crippen molar-refractivity contribution in [1.82, 2.24) is 10.2 Å². The van der Waals surface area contributed by atoms with Gasteiger partial charge in [0.15, 0.2) is 5.96 Å². The molecule has 1 N–H and O–H groups in total. The molecule has 0 aromatic carbocycles. The molecular formula is C15H31N3O2. The zero-order valence-electron chi connectivity index (χ0n) is 13.5. The minimum atomic E-state index is 0.395. The standard InChI is InChI=1S/C15H31N3O2/c1-13(2)12-17-15(16-3)18-8-6-14(7-9-18)20-11-5-10-19-4/h13-14H,5-12H2,1-4H3,(H,16,17). The quantitative estimate of drug-likeness (QED) is 0.440. The van der Waals surface area contributed by atoms with E-state index >= 15 is 0 Å². The molecule has 118 valence electrons. The predicted octanol–water partition coefficient (Wildman–Crippen LogP) is 1.74. The van der Waals surface area contributed by atoms with Crippen molar-refractivity contribution in [2.45, 2.75) is 39.2 Å². The largest absolute Gasteiger partial charge is 0.385 e. The van der Waals surface area contributed by atoms with E-state index in [-0.39, 0.29) is 0 Å². The number of guanidine groups is 1. The van der Waals surface area contributed by atoms with Crippen LogP contribution in [0, 0.1) is 5.92 Å². The number of likely N-dealkylation sites (tertiary alicyclic amines) is 1. The summed E-state index contributed by atoms with van der Waals surface area (Å²) in [5.41, 5.74) is 0. The number of aliphatic imine (C=N–C) groups is 1. The van der Waals surface area contributed by atoms with Crippen LogP contribution in [0.1, 0.15) is 33.1 Å². The number of piperidine rings is 1. The van der Waals surface area contributed by atoms with Crippen molar-refractivity contribution in [3.63, 3.8) is 0 Å². The van der Waals surface area contributed by atoms with Gasteiger partial charge in [-0.2, -0.15) is 0 Å². The van der Waals surface area contributed by atoms with E-state index < -0.39 is 0 Å². The highest BCUT2D eigenvalue weighted by atomic mass is 16.5. The maximum atomic E-state index is 5.88. The molecule has 20 heavy (non-hydrogen) atoms. The second-order valence-corrected chi connectivity index (χ2v) is 5.73. The first-order chi connectivity index (χ1) is 9.67. The molecule has 0 radical (unpaired) electrons. The van der Waals surface area contributed by atoms with Crippen molar-refractivity contribution in [3.8, 4) is 0 Å². The van der Waals surface area contributed by atoms with Crippen molar-refractivity contribution in [1.29, 1.82) is 0 Å². The van der Waals surface area contributed by atoms with E-state index in [1.165, 1.54) is 0 Å². The van der Waals surface area contributed by atoms with E-state index in [0.717, 1.165) is 58.1 Å². The molecule has 0 aromatic heterocycles. The van der Waals surface area contributed by atoms with Gasteiger partial charge in [-0.15, -0.1) is 0 Å². The lowest BCUT2D eigenvalue weighted by Gasteiger charge is -2.34. The Bertz CT molecular complexity index is 274. The molecule has 0 atom stereocenters. The highest BCUT2D eigenvalue weighted by Gasteiger charge is 2.21. The molecule has 0 aromatic rings. The maximum absolute atomic E-state index is 5.88. The van der Waals surface area contributed by atoms with Gasteiger partial charge >= 0.3 is 0 Å². The van der Waals surface area contributed by atoms with Crippen molar-refractivity contribution in [2.24, 2.45) is 10.9 Å². The van der Waals surface area contributed by atoms with E-state index in [1.54, 1.807) is 7.11 Å². The first kappa shape index (κ1) is 17.2. The Kier molecular flexibility index (Phi) is 8.62. The van der Waals surface area contributed by atoms with E-state index in [4.69, 9.17) is 9.47 Å². The summed E-state index contributed by atoms with van der Waals surface area (Å²) in [4.78, 5) is 6.70. The molecule has 1 fully saturated rings. The fraction of sp³-hybridized carbons (Fsp3) is 0.933. The van der Waals surface area contributed by atoms with E-state index in [1.807, 2.05) is 7.05 Å². The van der Waals surface area contributed by atoms with E-state index in [0.29, 0.717) is 12.0 Å². The van der Waals surface area contributed by atoms with Gasteiger partial charge in [0.25, 0.3) is 0 Å². The third kappa shape index (κ3) is 6.57. The third-order valence-corrected chi connectivity index (χ3v) is 3.47. The molecule has 0 spiro atoms. The summed E-state index contributed by atoms with van der Waals surface area (Å²) in [6.45, 7) is 9.02. The Labute approximate surface area is 123 Å². The van der Waals surface area contributed by atoms with Crippen LogP contribution in [0.4, 0.5) is 0 Å². The van der Waals surface area contributed by atoms with Crippen molar-refractivity contribution >= 4 is 5.96 Å². The van der Waals surface area contributed by atoms with Crippen molar-refractivity contribution < 1.29 is 9.47 Å². The summed E-state index contributed by atoms with van der Waals surface area (Å²) < 4.78 is 10.9. The molecule has 1 rings (SSSR count). The van der Waals surface area contributed by atoms with Crippen LogP contribution in [0.2, 0.25) is 0 Å². The SMILES string of the molecule is CN=C(NCC(C)C)N1CCC(OCCCOC)CC1. The maximum Gasteiger partial charge on any atom is 0.193 e. The fourth-order valence-electron chi connectivity index (χ4n) is 2.32. The number of hydrogen-bond donors (Lipinski definition) is 1. The van der Waals surface area contributed by atoms with Crippen LogP contribution < -0.4 is 5.32 Å². The predicted molar refractivity (Wildman–Crippen MR) is 83.2 cm³/mol. The minimum absolute atomic E-state index is 0.395. The molecule has 1 heterocycles. The third-order valence-electron chi connectivity index (χ3n) is 3.47. The summed E-state index contributed by atoms with van der Waals surface area (Å²) >= 11 is 0. The summed E-state index contributed by atoms with van der Waals surface area (Å²) in [6, 6.07) is 0. The number of methoxy groups -OCH3 is 1. The van der Waals surface area contributed by atoms with E-state index in [9.17, 15) is 0 Å². The van der Waals surface area contributed by atoms with Crippen LogP contribution in [0.25, 0.3) is 0 Å². The number of nitrogens with one attached hydrogen (secondary N) is 1. The molecule has 1 aliphatic heterocycles. The number of rotatable bonds is 7. The molecule has 0 amide bonds. The van der Waals surface area contributed by atoms with Crippen molar-refractivity contribution in [2.75, 3.05) is 47.0 Å². The lowest BCUT2D eigenvalue weighted by Crippen LogP contribution is -2.47. The van der Waals surface area contributed by atoms with Crippen molar-refractivity contribution in [3.05, 3.63) is 0 Å². The van der Waals surface area contributed by atoms with Gasteiger partial charge < -0.3 is 19.7 Å². The zero-order valence-corrected chi connectivity index (χ0v) is 13.5. The minimum Gasteiger partial charge on any atom is -0.385 e. The highest BCUT2D eigenvalue weighted by Crippen LogP contribution is 2.14. The Morgan fingerprint density at radius 1 is 1.30 bits per heavy atom. The molecule has 0 saturated carbocycles. The molecule has 5 nitrogen and oxygen atoms in total.